The number of fused-ring (bicyclic) bond motifs is 4. The van der Waals surface area contributed by atoms with Gasteiger partial charge in [-0.3, -0.25) is 14.5 Å². The highest BCUT2D eigenvalue weighted by atomic mass is 16.6. The van der Waals surface area contributed by atoms with Crippen molar-refractivity contribution in [2.75, 3.05) is 14.1 Å². The van der Waals surface area contributed by atoms with Crippen LogP contribution in [0.2, 0.25) is 0 Å². The lowest BCUT2D eigenvalue weighted by Crippen LogP contribution is -2.48. The zero-order chi connectivity index (χ0) is 19.7. The second kappa shape index (κ2) is 6.04. The van der Waals surface area contributed by atoms with Crippen LogP contribution in [0.15, 0.2) is 11.6 Å². The third-order valence-electron chi connectivity index (χ3n) is 6.18. The van der Waals surface area contributed by atoms with Crippen molar-refractivity contribution in [2.45, 2.75) is 63.3 Å². The predicted molar refractivity (Wildman–Crippen MR) is 91.4 cm³/mol. The van der Waals surface area contributed by atoms with Crippen LogP contribution in [0.4, 0.5) is 0 Å². The Morgan fingerprint density at radius 3 is 2.63 bits per heavy atom. The van der Waals surface area contributed by atoms with Crippen molar-refractivity contribution >= 4 is 17.9 Å². The maximum Gasteiger partial charge on any atom is 0.336 e. The molecule has 8 nitrogen and oxygen atoms in total. The fourth-order valence-corrected chi connectivity index (χ4v) is 4.83. The average molecular weight is 379 g/mol. The van der Waals surface area contributed by atoms with Gasteiger partial charge < -0.3 is 18.9 Å². The van der Waals surface area contributed by atoms with Gasteiger partial charge in [0.05, 0.1) is 23.1 Å². The predicted octanol–water partition coefficient (Wildman–Crippen LogP) is 0.439. The second-order valence-electron chi connectivity index (χ2n) is 8.37. The Balaban J connectivity index is 1.80. The number of esters is 3. The summed E-state index contributed by atoms with van der Waals surface area (Å²) in [5.41, 5.74) is -0.163. The number of nitrogens with zero attached hydrogens (tertiary/aromatic N) is 1. The number of rotatable bonds is 2. The number of carbonyl (C=O) groups excluding carboxylic acids is 3. The Hall–Kier alpha value is -1.93. The van der Waals surface area contributed by atoms with Gasteiger partial charge in [-0.15, -0.1) is 0 Å². The summed E-state index contributed by atoms with van der Waals surface area (Å²) in [4.78, 5) is 38.5. The smallest absolute Gasteiger partial charge is 0.336 e. The summed E-state index contributed by atoms with van der Waals surface area (Å²) in [7, 11) is 3.64. The maximum atomic E-state index is 12.7. The minimum Gasteiger partial charge on any atom is -0.462 e. The largest absolute Gasteiger partial charge is 0.462 e. The van der Waals surface area contributed by atoms with Crippen molar-refractivity contribution < 1.29 is 33.3 Å². The van der Waals surface area contributed by atoms with E-state index in [0.717, 1.165) is 0 Å². The van der Waals surface area contributed by atoms with Crippen LogP contribution in [-0.2, 0) is 33.3 Å². The molecule has 27 heavy (non-hydrogen) atoms. The molecule has 0 N–H and O–H groups in total. The molecular formula is C19H25NO7. The van der Waals surface area contributed by atoms with E-state index in [-0.39, 0.29) is 17.8 Å². The van der Waals surface area contributed by atoms with Gasteiger partial charge in [0, 0.05) is 19.3 Å². The van der Waals surface area contributed by atoms with Crippen LogP contribution in [0.5, 0.6) is 0 Å². The Morgan fingerprint density at radius 2 is 2.00 bits per heavy atom. The van der Waals surface area contributed by atoms with E-state index in [1.54, 1.807) is 13.0 Å². The Morgan fingerprint density at radius 1 is 1.30 bits per heavy atom. The molecule has 0 aromatic carbocycles. The zero-order valence-electron chi connectivity index (χ0n) is 16.1. The highest BCUT2D eigenvalue weighted by Gasteiger charge is 2.65. The fourth-order valence-electron chi connectivity index (χ4n) is 4.83. The van der Waals surface area contributed by atoms with E-state index in [1.807, 2.05) is 25.9 Å². The van der Waals surface area contributed by atoms with E-state index in [2.05, 4.69) is 0 Å². The third-order valence-corrected chi connectivity index (χ3v) is 6.18. The average Bonchev–Trinajstić information content (AvgIpc) is 2.95. The summed E-state index contributed by atoms with van der Waals surface area (Å²) in [6.07, 6.45) is 0.224. The van der Waals surface area contributed by atoms with Gasteiger partial charge in [0.1, 0.15) is 18.3 Å². The summed E-state index contributed by atoms with van der Waals surface area (Å²) in [6, 6.07) is -0.497. The maximum absolute atomic E-state index is 12.7. The summed E-state index contributed by atoms with van der Waals surface area (Å²) in [5.74, 6) is -1.81. The standard InChI is InChI=1S/C19H25NO7/c1-8-13-11-6-10(18(23)25-11)14(20(4)5)15(24-9(2)21)16-19(3,27-16)7-12(13)26-17(8)22/h6,8,11-16H,7H2,1-5H3/t8?,11-,12+,13+,14+,15-,16+,19+/m1/s1. The SMILES string of the molecule is CC(=O)O[C@@H]1[C@@H](N(C)C)C2=C[C@@H](OC2=O)[C@@H]2C(C)C(=O)O[C@H]2C[C@]2(C)O[C@@H]12. The Labute approximate surface area is 157 Å². The van der Waals surface area contributed by atoms with Crippen LogP contribution >= 0.6 is 0 Å². The Bertz CT molecular complexity index is 732. The van der Waals surface area contributed by atoms with E-state index in [4.69, 9.17) is 18.9 Å². The molecule has 0 aromatic heterocycles. The molecule has 3 heterocycles. The van der Waals surface area contributed by atoms with Gasteiger partial charge >= 0.3 is 17.9 Å². The molecule has 2 fully saturated rings. The molecule has 4 rings (SSSR count). The van der Waals surface area contributed by atoms with E-state index in [9.17, 15) is 14.4 Å². The summed E-state index contributed by atoms with van der Waals surface area (Å²) in [6.45, 7) is 5.07. The fraction of sp³-hybridized carbons (Fsp3) is 0.737. The third kappa shape index (κ3) is 2.86. The molecule has 1 unspecified atom stereocenters. The second-order valence-corrected chi connectivity index (χ2v) is 8.37. The number of carbonyl (C=O) groups is 3. The lowest BCUT2D eigenvalue weighted by molar-refractivity contribution is -0.152. The van der Waals surface area contributed by atoms with Crippen molar-refractivity contribution in [3.63, 3.8) is 0 Å². The number of ether oxygens (including phenoxy) is 4. The van der Waals surface area contributed by atoms with Crippen molar-refractivity contribution in [1.82, 2.24) is 4.90 Å². The van der Waals surface area contributed by atoms with Crippen molar-refractivity contribution in [2.24, 2.45) is 11.8 Å². The molecule has 3 aliphatic heterocycles. The highest BCUT2D eigenvalue weighted by Crippen LogP contribution is 2.50. The molecule has 2 saturated heterocycles. The highest BCUT2D eigenvalue weighted by molar-refractivity contribution is 5.93. The van der Waals surface area contributed by atoms with Crippen LogP contribution < -0.4 is 0 Å². The first-order valence-electron chi connectivity index (χ1n) is 9.27. The van der Waals surface area contributed by atoms with E-state index >= 15 is 0 Å². The molecule has 0 spiro atoms. The molecule has 0 radical (unpaired) electrons. The van der Waals surface area contributed by atoms with Gasteiger partial charge in [-0.25, -0.2) is 4.79 Å². The normalized spacial score (nSPS) is 45.4. The van der Waals surface area contributed by atoms with Gasteiger partial charge in [-0.05, 0) is 27.1 Å². The molecule has 0 aromatic rings. The van der Waals surface area contributed by atoms with Crippen molar-refractivity contribution in [1.29, 1.82) is 0 Å². The van der Waals surface area contributed by atoms with Crippen molar-refractivity contribution in [3.05, 3.63) is 11.6 Å². The minimum absolute atomic E-state index is 0.256. The molecular weight excluding hydrogens is 354 g/mol. The molecule has 8 atom stereocenters. The molecule has 0 amide bonds. The molecule has 4 aliphatic rings. The lowest BCUT2D eigenvalue weighted by atomic mass is 9.79. The Kier molecular flexibility index (Phi) is 4.12. The monoisotopic (exact) mass is 379 g/mol. The van der Waals surface area contributed by atoms with E-state index < -0.39 is 48.0 Å². The van der Waals surface area contributed by atoms with Crippen LogP contribution in [0, 0.1) is 11.8 Å². The first kappa shape index (κ1) is 18.4. The quantitative estimate of drug-likeness (QED) is 0.388. The zero-order valence-corrected chi connectivity index (χ0v) is 16.1. The van der Waals surface area contributed by atoms with Gasteiger partial charge in [0.25, 0.3) is 0 Å². The van der Waals surface area contributed by atoms with Gasteiger partial charge in [-0.1, -0.05) is 6.92 Å². The van der Waals surface area contributed by atoms with Gasteiger partial charge in [0.2, 0.25) is 0 Å². The van der Waals surface area contributed by atoms with Crippen LogP contribution in [0.3, 0.4) is 0 Å². The number of hydrogen-bond acceptors (Lipinski definition) is 8. The molecule has 148 valence electrons. The number of hydrogen-bond donors (Lipinski definition) is 0. The topological polar surface area (TPSA) is 94.7 Å². The van der Waals surface area contributed by atoms with Gasteiger partial charge in [-0.2, -0.15) is 0 Å². The molecule has 1 aliphatic carbocycles. The lowest BCUT2D eigenvalue weighted by Gasteiger charge is -2.32. The summed E-state index contributed by atoms with van der Waals surface area (Å²) < 4.78 is 22.8. The first-order valence-corrected chi connectivity index (χ1v) is 9.27. The van der Waals surface area contributed by atoms with Crippen LogP contribution in [-0.4, -0.2) is 73.0 Å². The number of likely N-dealkylation sites (N-methyl/N-ethyl adjacent to an activating group) is 1. The first-order chi connectivity index (χ1) is 12.6. The van der Waals surface area contributed by atoms with Crippen molar-refractivity contribution in [3.8, 4) is 0 Å². The van der Waals surface area contributed by atoms with Crippen LogP contribution in [0.1, 0.15) is 27.2 Å². The number of epoxide rings is 1. The summed E-state index contributed by atoms with van der Waals surface area (Å²) in [5, 5.41) is 0. The minimum atomic E-state index is -0.661. The van der Waals surface area contributed by atoms with Crippen LogP contribution in [0.25, 0.3) is 0 Å². The summed E-state index contributed by atoms with van der Waals surface area (Å²) >= 11 is 0. The molecule has 2 bridgehead atoms. The van der Waals surface area contributed by atoms with Gasteiger partial charge in [0.15, 0.2) is 6.10 Å². The van der Waals surface area contributed by atoms with E-state index in [1.165, 1.54) is 6.92 Å². The molecule has 0 saturated carbocycles. The molecule has 8 heteroatoms. The van der Waals surface area contributed by atoms with E-state index in [0.29, 0.717) is 12.0 Å².